The third-order valence-electron chi connectivity index (χ3n) is 6.67. The van der Waals surface area contributed by atoms with Crippen LogP contribution in [-0.2, 0) is 20.4 Å². The Bertz CT molecular complexity index is 1300. The zero-order valence-electron chi connectivity index (χ0n) is 19.0. The monoisotopic (exact) mass is 614 g/mol. The average molecular weight is 617 g/mol. The summed E-state index contributed by atoms with van der Waals surface area (Å²) in [5.41, 5.74) is 8.89. The molecular weight excluding hydrogens is 591 g/mol. The van der Waals surface area contributed by atoms with Crippen LogP contribution in [0.2, 0.25) is 13.1 Å². The molecule has 4 aromatic rings. The second kappa shape index (κ2) is 10.9. The van der Waals surface area contributed by atoms with Crippen molar-refractivity contribution in [2.24, 2.45) is 0 Å². The molecule has 0 N–H and O–H groups in total. The number of allylic oxidation sites excluding steroid dienone is 2. The van der Waals surface area contributed by atoms with Crippen molar-refractivity contribution in [3.63, 3.8) is 0 Å². The predicted molar refractivity (Wildman–Crippen MR) is 155 cm³/mol. The van der Waals surface area contributed by atoms with Crippen LogP contribution in [0.4, 0.5) is 0 Å². The Hall–Kier alpha value is -1.00. The molecule has 0 amide bonds. The number of benzene rings is 2. The number of thiophene rings is 2. The van der Waals surface area contributed by atoms with E-state index in [0.717, 1.165) is 0 Å². The molecule has 6 heteroatoms. The van der Waals surface area contributed by atoms with E-state index in [9.17, 15) is 0 Å². The van der Waals surface area contributed by atoms with Gasteiger partial charge in [0.2, 0.25) is 0 Å². The normalized spacial score (nSPS) is 17.6. The minimum atomic E-state index is -2.10. The molecule has 0 nitrogen and oxygen atoms in total. The molecular formula is C28H26Cl2S2SiZr. The fourth-order valence-electron chi connectivity index (χ4n) is 5.37. The van der Waals surface area contributed by atoms with Crippen LogP contribution in [0.25, 0.3) is 23.3 Å². The molecule has 2 aromatic carbocycles. The van der Waals surface area contributed by atoms with Crippen molar-refractivity contribution in [1.82, 2.24) is 0 Å². The van der Waals surface area contributed by atoms with Crippen molar-refractivity contribution >= 4 is 76.2 Å². The van der Waals surface area contributed by atoms with Gasteiger partial charge in [0.25, 0.3) is 0 Å². The summed E-state index contributed by atoms with van der Waals surface area (Å²) in [6.45, 7) is 5.22. The topological polar surface area (TPSA) is 0 Å². The van der Waals surface area contributed by atoms with E-state index in [1.54, 1.807) is 22.3 Å². The molecule has 172 valence electrons. The van der Waals surface area contributed by atoms with Crippen LogP contribution in [0.3, 0.4) is 0 Å². The minimum Gasteiger partial charge on any atom is -0.147 e. The van der Waals surface area contributed by atoms with E-state index in [0.29, 0.717) is 7.25 Å². The van der Waals surface area contributed by atoms with Crippen molar-refractivity contribution < 1.29 is 20.4 Å². The predicted octanol–water partition coefficient (Wildman–Crippen LogP) is 9.41. The fourth-order valence-corrected chi connectivity index (χ4v) is 27.4. The van der Waals surface area contributed by atoms with Crippen LogP contribution in [0.1, 0.15) is 39.3 Å². The first-order valence-corrected chi connectivity index (χ1v) is 21.9. The van der Waals surface area contributed by atoms with Crippen molar-refractivity contribution in [2.45, 2.75) is 20.3 Å². The van der Waals surface area contributed by atoms with Crippen molar-refractivity contribution in [1.29, 1.82) is 0 Å². The Morgan fingerprint density at radius 2 is 1.06 bits per heavy atom. The Kier molecular flexibility index (Phi) is 8.40. The number of hydrogen-bond donors (Lipinski definition) is 0. The Labute approximate surface area is 230 Å². The molecule has 0 radical (unpaired) electrons. The van der Waals surface area contributed by atoms with Crippen molar-refractivity contribution in [3.8, 4) is 0 Å². The smallest absolute Gasteiger partial charge is 0.147 e. The average Bonchev–Trinajstić information content (AvgIpc) is 3.59. The standard InChI is InChI=1S/2C13H9S.C2H6Si.2ClH.Zr/c2*1-2-5-11-9-12(8-10(11)4-1)13-6-3-7-14-13;1-3-2;;;/h2*1-9H;1-2H3;2*1H;. The first-order valence-electron chi connectivity index (χ1n) is 11.1. The number of rotatable bonds is 4. The van der Waals surface area contributed by atoms with E-state index in [4.69, 9.17) is 0 Å². The van der Waals surface area contributed by atoms with Gasteiger partial charge in [-0.3, -0.25) is 0 Å². The summed E-state index contributed by atoms with van der Waals surface area (Å²) in [7, 11) is 0. The summed E-state index contributed by atoms with van der Waals surface area (Å²) in [5.74, 6) is 0. The van der Waals surface area contributed by atoms with Gasteiger partial charge in [0, 0.05) is 0 Å². The van der Waals surface area contributed by atoms with Crippen LogP contribution in [-0.4, -0.2) is 5.43 Å². The number of halogens is 2. The van der Waals surface area contributed by atoms with Gasteiger partial charge >= 0.3 is 208 Å². The van der Waals surface area contributed by atoms with Gasteiger partial charge in [-0.05, 0) is 0 Å². The molecule has 2 atom stereocenters. The third kappa shape index (κ3) is 4.47. The molecule has 2 aliphatic carbocycles. The van der Waals surface area contributed by atoms with E-state index in [1.807, 2.05) is 22.7 Å². The Morgan fingerprint density at radius 3 is 1.44 bits per heavy atom. The van der Waals surface area contributed by atoms with Gasteiger partial charge in [-0.15, -0.1) is 24.8 Å². The number of fused-ring (bicyclic) bond motifs is 2. The first kappa shape index (κ1) is 26.1. The molecule has 6 rings (SSSR count). The molecule has 0 fully saturated rings. The molecule has 2 heterocycles. The van der Waals surface area contributed by atoms with Crippen molar-refractivity contribution in [2.75, 3.05) is 0 Å². The summed E-state index contributed by atoms with van der Waals surface area (Å²) in [4.78, 5) is 2.95. The Balaban J connectivity index is 0.00000137. The molecule has 0 aliphatic heterocycles. The van der Waals surface area contributed by atoms with Gasteiger partial charge in [-0.2, -0.15) is 0 Å². The second-order valence-corrected chi connectivity index (χ2v) is 28.5. The summed E-state index contributed by atoms with van der Waals surface area (Å²) in [6.07, 6.45) is 5.04. The summed E-state index contributed by atoms with van der Waals surface area (Å²) in [5, 5.41) is 4.48. The first-order chi connectivity index (χ1) is 15.7. The number of hydrogen-bond acceptors (Lipinski definition) is 2. The summed E-state index contributed by atoms with van der Waals surface area (Å²) < 4.78 is 1.27. The molecule has 0 saturated heterocycles. The molecule has 0 bridgehead atoms. The van der Waals surface area contributed by atoms with Crippen LogP contribution in [0, 0.1) is 0 Å². The van der Waals surface area contributed by atoms with Crippen LogP contribution >= 0.6 is 47.5 Å². The van der Waals surface area contributed by atoms with Gasteiger partial charge in [-0.1, -0.05) is 0 Å². The summed E-state index contributed by atoms with van der Waals surface area (Å²) in [6, 6.07) is 27.6. The zero-order valence-corrected chi connectivity index (χ0v) is 25.7. The minimum absolute atomic E-state index is 0. The van der Waals surface area contributed by atoms with Crippen LogP contribution < -0.4 is 0 Å². The van der Waals surface area contributed by atoms with Gasteiger partial charge in [-0.25, -0.2) is 0 Å². The molecule has 2 aliphatic rings. The maximum atomic E-state index is 2.61. The van der Waals surface area contributed by atoms with Gasteiger partial charge in [0.05, 0.1) is 0 Å². The van der Waals surface area contributed by atoms with E-state index < -0.39 is 25.8 Å². The molecule has 2 aromatic heterocycles. The third-order valence-corrected chi connectivity index (χ3v) is 27.7. The maximum absolute atomic E-state index is 2.61. The largest absolute Gasteiger partial charge is 0.147 e. The zero-order chi connectivity index (χ0) is 21.7. The fraction of sp³-hybridized carbons (Fsp3) is 0.143. The Morgan fingerprint density at radius 1 is 0.618 bits per heavy atom. The van der Waals surface area contributed by atoms with Crippen molar-refractivity contribution in [3.05, 3.63) is 116 Å². The van der Waals surface area contributed by atoms with Crippen LogP contribution in [0.15, 0.2) is 83.6 Å². The maximum Gasteiger partial charge on any atom is -0.147 e. The van der Waals surface area contributed by atoms with E-state index in [2.05, 4.69) is 109 Å². The van der Waals surface area contributed by atoms with E-state index in [1.165, 1.54) is 20.9 Å². The van der Waals surface area contributed by atoms with E-state index in [-0.39, 0.29) is 24.8 Å². The molecule has 2 unspecified atom stereocenters. The molecule has 34 heavy (non-hydrogen) atoms. The van der Waals surface area contributed by atoms with Gasteiger partial charge < -0.3 is 0 Å². The molecule has 0 saturated carbocycles. The summed E-state index contributed by atoms with van der Waals surface area (Å²) >= 11 is 1.73. The second-order valence-electron chi connectivity index (χ2n) is 8.73. The van der Waals surface area contributed by atoms with Crippen LogP contribution in [0.5, 0.6) is 0 Å². The molecule has 0 spiro atoms. The van der Waals surface area contributed by atoms with Gasteiger partial charge in [0.15, 0.2) is 0 Å². The van der Waals surface area contributed by atoms with E-state index >= 15 is 0 Å². The quantitative estimate of drug-likeness (QED) is 0.200. The van der Waals surface area contributed by atoms with Gasteiger partial charge in [0.1, 0.15) is 0 Å². The SMILES string of the molecule is C[Si](C)=[Zr]([CH]1C(c2cccs2)=Cc2ccccc21)[CH]1C(c2cccs2)=Cc2ccccc21.Cl.Cl.